The highest BCUT2D eigenvalue weighted by molar-refractivity contribution is 6.31. The molecule has 0 saturated carbocycles. The average molecular weight is 263 g/mol. The van der Waals surface area contributed by atoms with E-state index in [0.29, 0.717) is 17.5 Å². The van der Waals surface area contributed by atoms with Crippen molar-refractivity contribution in [3.05, 3.63) is 46.7 Å². The number of aromatic nitrogens is 2. The van der Waals surface area contributed by atoms with Crippen LogP contribution >= 0.6 is 11.6 Å². The first-order valence-electron chi connectivity index (χ1n) is 5.68. The topological polar surface area (TPSA) is 63.8 Å². The first-order chi connectivity index (χ1) is 8.56. The standard InChI is InChI=1S/C13H15ClN4/c1-8(10-5-3-4-6-11(10)14)16-13-7-12(15)17-9(2)18-13/h3-8H,1-2H3,(H3,15,16,17,18). The molecule has 94 valence electrons. The minimum atomic E-state index is 0.0485. The van der Waals surface area contributed by atoms with Gasteiger partial charge in [-0.25, -0.2) is 9.97 Å². The molecule has 5 heteroatoms. The summed E-state index contributed by atoms with van der Waals surface area (Å²) in [6, 6.07) is 9.48. The molecule has 1 aromatic heterocycles. The van der Waals surface area contributed by atoms with Crippen molar-refractivity contribution in [2.45, 2.75) is 19.9 Å². The molecule has 2 aromatic rings. The Balaban J connectivity index is 2.21. The SMILES string of the molecule is Cc1nc(N)cc(NC(C)c2ccccc2Cl)n1. The lowest BCUT2D eigenvalue weighted by Crippen LogP contribution is -2.10. The van der Waals surface area contributed by atoms with Gasteiger partial charge in [-0.05, 0) is 25.5 Å². The number of hydrogen-bond donors (Lipinski definition) is 2. The van der Waals surface area contributed by atoms with E-state index in [-0.39, 0.29) is 6.04 Å². The minimum absolute atomic E-state index is 0.0485. The zero-order valence-corrected chi connectivity index (χ0v) is 11.1. The molecule has 4 nitrogen and oxygen atoms in total. The van der Waals surface area contributed by atoms with Gasteiger partial charge in [0, 0.05) is 11.1 Å². The van der Waals surface area contributed by atoms with E-state index in [2.05, 4.69) is 15.3 Å². The van der Waals surface area contributed by atoms with Crippen LogP contribution in [0.1, 0.15) is 24.4 Å². The molecule has 0 saturated heterocycles. The molecule has 0 bridgehead atoms. The Morgan fingerprint density at radius 1 is 1.28 bits per heavy atom. The Labute approximate surface area is 111 Å². The summed E-state index contributed by atoms with van der Waals surface area (Å²) in [5, 5.41) is 4.00. The normalized spacial score (nSPS) is 12.2. The van der Waals surface area contributed by atoms with Gasteiger partial charge in [0.1, 0.15) is 17.5 Å². The summed E-state index contributed by atoms with van der Waals surface area (Å²) in [6.45, 7) is 3.83. The molecule has 1 heterocycles. The number of anilines is 2. The average Bonchev–Trinajstić information content (AvgIpc) is 2.27. The summed E-state index contributed by atoms with van der Waals surface area (Å²) in [7, 11) is 0. The quantitative estimate of drug-likeness (QED) is 0.892. The second-order valence-electron chi connectivity index (χ2n) is 4.11. The predicted molar refractivity (Wildman–Crippen MR) is 74.7 cm³/mol. The number of halogens is 1. The zero-order chi connectivity index (χ0) is 13.1. The molecule has 0 aliphatic heterocycles. The van der Waals surface area contributed by atoms with Crippen molar-refractivity contribution in [1.82, 2.24) is 9.97 Å². The molecular weight excluding hydrogens is 248 g/mol. The highest BCUT2D eigenvalue weighted by Crippen LogP contribution is 2.25. The number of aryl methyl sites for hydroxylation is 1. The Hall–Kier alpha value is -1.81. The monoisotopic (exact) mass is 262 g/mol. The summed E-state index contributed by atoms with van der Waals surface area (Å²) in [5.41, 5.74) is 6.71. The fourth-order valence-electron chi connectivity index (χ4n) is 1.79. The van der Waals surface area contributed by atoms with Crippen molar-refractivity contribution in [3.8, 4) is 0 Å². The Kier molecular flexibility index (Phi) is 3.67. The van der Waals surface area contributed by atoms with Gasteiger partial charge in [-0.1, -0.05) is 29.8 Å². The molecule has 0 aliphatic rings. The van der Waals surface area contributed by atoms with Gasteiger partial charge < -0.3 is 11.1 Å². The van der Waals surface area contributed by atoms with Gasteiger partial charge in [-0.3, -0.25) is 0 Å². The van der Waals surface area contributed by atoms with Crippen LogP contribution < -0.4 is 11.1 Å². The summed E-state index contributed by atoms with van der Waals surface area (Å²) in [4.78, 5) is 8.32. The van der Waals surface area contributed by atoms with Gasteiger partial charge in [-0.2, -0.15) is 0 Å². The van der Waals surface area contributed by atoms with Crippen molar-refractivity contribution in [2.75, 3.05) is 11.1 Å². The highest BCUT2D eigenvalue weighted by atomic mass is 35.5. The fraction of sp³-hybridized carbons (Fsp3) is 0.231. The van der Waals surface area contributed by atoms with E-state index in [0.717, 1.165) is 10.6 Å². The van der Waals surface area contributed by atoms with Gasteiger partial charge in [0.05, 0.1) is 6.04 Å². The number of benzene rings is 1. The number of hydrogen-bond acceptors (Lipinski definition) is 4. The van der Waals surface area contributed by atoms with E-state index in [4.69, 9.17) is 17.3 Å². The first kappa shape index (κ1) is 12.6. The second kappa shape index (κ2) is 5.23. The van der Waals surface area contributed by atoms with Crippen molar-refractivity contribution in [1.29, 1.82) is 0 Å². The van der Waals surface area contributed by atoms with Crippen LogP contribution in [-0.4, -0.2) is 9.97 Å². The second-order valence-corrected chi connectivity index (χ2v) is 4.52. The van der Waals surface area contributed by atoms with Crippen molar-refractivity contribution in [2.24, 2.45) is 0 Å². The Morgan fingerprint density at radius 2 is 2.00 bits per heavy atom. The van der Waals surface area contributed by atoms with E-state index in [1.165, 1.54) is 0 Å². The third-order valence-corrected chi connectivity index (χ3v) is 2.94. The molecule has 1 unspecified atom stereocenters. The van der Waals surface area contributed by atoms with Crippen LogP contribution in [0.4, 0.5) is 11.6 Å². The molecule has 3 N–H and O–H groups in total. The highest BCUT2D eigenvalue weighted by Gasteiger charge is 2.10. The lowest BCUT2D eigenvalue weighted by molar-refractivity contribution is 0.868. The number of nitrogens with one attached hydrogen (secondary N) is 1. The molecular formula is C13H15ClN4. The van der Waals surface area contributed by atoms with E-state index in [1.807, 2.05) is 38.1 Å². The fourth-order valence-corrected chi connectivity index (χ4v) is 2.09. The number of nitrogens with two attached hydrogens (primary N) is 1. The Morgan fingerprint density at radius 3 is 2.67 bits per heavy atom. The predicted octanol–water partition coefficient (Wildman–Crippen LogP) is 3.19. The van der Waals surface area contributed by atoms with Crippen LogP contribution in [0, 0.1) is 6.92 Å². The van der Waals surface area contributed by atoms with E-state index in [1.54, 1.807) is 6.07 Å². The molecule has 1 atom stereocenters. The van der Waals surface area contributed by atoms with E-state index < -0.39 is 0 Å². The molecule has 18 heavy (non-hydrogen) atoms. The minimum Gasteiger partial charge on any atom is -0.384 e. The maximum Gasteiger partial charge on any atom is 0.132 e. The van der Waals surface area contributed by atoms with Gasteiger partial charge in [0.25, 0.3) is 0 Å². The third kappa shape index (κ3) is 2.90. The van der Waals surface area contributed by atoms with Crippen LogP contribution in [0.3, 0.4) is 0 Å². The summed E-state index contributed by atoms with van der Waals surface area (Å²) in [5.74, 6) is 1.80. The first-order valence-corrected chi connectivity index (χ1v) is 6.06. The Bertz CT molecular complexity index is 536. The van der Waals surface area contributed by atoms with E-state index >= 15 is 0 Å². The molecule has 2 rings (SSSR count). The molecule has 0 amide bonds. The molecule has 1 aromatic carbocycles. The summed E-state index contributed by atoms with van der Waals surface area (Å²) >= 11 is 6.15. The number of nitrogens with zero attached hydrogens (tertiary/aromatic N) is 2. The number of nitrogen functional groups attached to an aromatic ring is 1. The van der Waals surface area contributed by atoms with Crippen molar-refractivity contribution >= 4 is 23.2 Å². The molecule has 0 fully saturated rings. The van der Waals surface area contributed by atoms with Gasteiger partial charge in [-0.15, -0.1) is 0 Å². The lowest BCUT2D eigenvalue weighted by Gasteiger charge is -2.16. The van der Waals surface area contributed by atoms with Crippen LogP contribution in [0.15, 0.2) is 30.3 Å². The van der Waals surface area contributed by atoms with Crippen LogP contribution in [0.2, 0.25) is 5.02 Å². The summed E-state index contributed by atoms with van der Waals surface area (Å²) in [6.07, 6.45) is 0. The molecule has 0 radical (unpaired) electrons. The van der Waals surface area contributed by atoms with Gasteiger partial charge in [0.2, 0.25) is 0 Å². The van der Waals surface area contributed by atoms with Gasteiger partial charge >= 0.3 is 0 Å². The van der Waals surface area contributed by atoms with E-state index in [9.17, 15) is 0 Å². The van der Waals surface area contributed by atoms with Crippen LogP contribution in [0.5, 0.6) is 0 Å². The molecule has 0 aliphatic carbocycles. The van der Waals surface area contributed by atoms with Crippen LogP contribution in [0.25, 0.3) is 0 Å². The van der Waals surface area contributed by atoms with Crippen molar-refractivity contribution < 1.29 is 0 Å². The largest absolute Gasteiger partial charge is 0.384 e. The van der Waals surface area contributed by atoms with Gasteiger partial charge in [0.15, 0.2) is 0 Å². The lowest BCUT2D eigenvalue weighted by atomic mass is 10.1. The summed E-state index contributed by atoms with van der Waals surface area (Å²) < 4.78 is 0. The maximum atomic E-state index is 6.15. The smallest absolute Gasteiger partial charge is 0.132 e. The zero-order valence-electron chi connectivity index (χ0n) is 10.3. The number of rotatable bonds is 3. The van der Waals surface area contributed by atoms with Crippen LogP contribution in [-0.2, 0) is 0 Å². The van der Waals surface area contributed by atoms with Crippen molar-refractivity contribution in [3.63, 3.8) is 0 Å². The third-order valence-electron chi connectivity index (χ3n) is 2.59. The molecule has 0 spiro atoms. The maximum absolute atomic E-state index is 6.15.